The smallest absolute Gasteiger partial charge is 0.251 e. The molecular formula is C12H12ClNO. The number of amides is 1. The molecule has 1 amide bonds. The van der Waals surface area contributed by atoms with E-state index in [1.807, 2.05) is 18.2 Å². The maximum atomic E-state index is 11.7. The highest BCUT2D eigenvalue weighted by Gasteiger charge is 2.13. The number of rotatable bonds is 2. The molecule has 0 atom stereocenters. The van der Waals surface area contributed by atoms with E-state index in [2.05, 4.69) is 5.32 Å². The number of anilines is 1. The monoisotopic (exact) mass is 221 g/mol. The largest absolute Gasteiger partial charge is 0.321 e. The van der Waals surface area contributed by atoms with Crippen LogP contribution < -0.4 is 5.32 Å². The van der Waals surface area contributed by atoms with Crippen LogP contribution in [-0.4, -0.2) is 5.91 Å². The Morgan fingerprint density at radius 2 is 2.13 bits per heavy atom. The molecule has 1 aliphatic rings. The standard InChI is InChI=1S/C12H12ClNO/c13-10-7-3-4-8-11(10)14-12(15)9-5-1-2-6-9/h3-5,7-8H,1-2,6H2,(H,14,15). The van der Waals surface area contributed by atoms with Crippen molar-refractivity contribution in [1.82, 2.24) is 0 Å². The highest BCUT2D eigenvalue weighted by molar-refractivity contribution is 6.33. The van der Waals surface area contributed by atoms with Crippen LogP contribution in [0.4, 0.5) is 5.69 Å². The second-order valence-electron chi connectivity index (χ2n) is 3.56. The van der Waals surface area contributed by atoms with E-state index in [1.165, 1.54) is 0 Å². The molecule has 0 saturated heterocycles. The molecule has 15 heavy (non-hydrogen) atoms. The summed E-state index contributed by atoms with van der Waals surface area (Å²) in [4.78, 5) is 11.7. The van der Waals surface area contributed by atoms with Gasteiger partial charge in [-0.25, -0.2) is 0 Å². The van der Waals surface area contributed by atoms with Crippen LogP contribution in [0.25, 0.3) is 0 Å². The normalized spacial score (nSPS) is 14.9. The Bertz CT molecular complexity index is 412. The number of allylic oxidation sites excluding steroid dienone is 1. The molecule has 1 N–H and O–H groups in total. The summed E-state index contributed by atoms with van der Waals surface area (Å²) in [6, 6.07) is 7.26. The van der Waals surface area contributed by atoms with Crippen molar-refractivity contribution in [2.45, 2.75) is 19.3 Å². The molecule has 0 saturated carbocycles. The first-order valence-electron chi connectivity index (χ1n) is 5.02. The van der Waals surface area contributed by atoms with Gasteiger partial charge in [-0.2, -0.15) is 0 Å². The average Bonchev–Trinajstić information content (AvgIpc) is 2.74. The summed E-state index contributed by atoms with van der Waals surface area (Å²) in [5.41, 5.74) is 1.55. The van der Waals surface area contributed by atoms with E-state index in [-0.39, 0.29) is 5.91 Å². The SMILES string of the molecule is O=C(Nc1ccccc1Cl)C1=CCCC1. The average molecular weight is 222 g/mol. The maximum Gasteiger partial charge on any atom is 0.251 e. The van der Waals surface area contributed by atoms with Gasteiger partial charge in [-0.3, -0.25) is 4.79 Å². The van der Waals surface area contributed by atoms with Gasteiger partial charge in [0.25, 0.3) is 5.91 Å². The van der Waals surface area contributed by atoms with E-state index < -0.39 is 0 Å². The van der Waals surface area contributed by atoms with E-state index in [0.29, 0.717) is 10.7 Å². The van der Waals surface area contributed by atoms with Crippen molar-refractivity contribution in [2.24, 2.45) is 0 Å². The van der Waals surface area contributed by atoms with Gasteiger partial charge in [-0.15, -0.1) is 0 Å². The summed E-state index contributed by atoms with van der Waals surface area (Å²) < 4.78 is 0. The molecule has 0 fully saturated rings. The minimum atomic E-state index is -0.0272. The third-order valence-corrected chi connectivity index (χ3v) is 2.78. The lowest BCUT2D eigenvalue weighted by Crippen LogP contribution is -2.13. The van der Waals surface area contributed by atoms with Crippen molar-refractivity contribution >= 4 is 23.2 Å². The van der Waals surface area contributed by atoms with Crippen molar-refractivity contribution in [3.05, 3.63) is 40.9 Å². The minimum Gasteiger partial charge on any atom is -0.321 e. The molecule has 3 heteroatoms. The van der Waals surface area contributed by atoms with Crippen LogP contribution in [0.3, 0.4) is 0 Å². The molecule has 0 aromatic heterocycles. The Kier molecular flexibility index (Phi) is 3.07. The molecule has 1 aromatic carbocycles. The topological polar surface area (TPSA) is 29.1 Å². The molecule has 78 valence electrons. The van der Waals surface area contributed by atoms with E-state index in [1.54, 1.807) is 12.1 Å². The predicted molar refractivity (Wildman–Crippen MR) is 62.0 cm³/mol. The number of para-hydroxylation sites is 1. The number of carbonyl (C=O) groups is 1. The molecule has 0 heterocycles. The van der Waals surface area contributed by atoms with Gasteiger partial charge in [0, 0.05) is 5.57 Å². The zero-order chi connectivity index (χ0) is 10.7. The van der Waals surface area contributed by atoms with Gasteiger partial charge in [0.2, 0.25) is 0 Å². The van der Waals surface area contributed by atoms with Gasteiger partial charge in [-0.05, 0) is 31.4 Å². The molecule has 2 nitrogen and oxygen atoms in total. The van der Waals surface area contributed by atoms with Crippen LogP contribution in [0, 0.1) is 0 Å². The van der Waals surface area contributed by atoms with Crippen molar-refractivity contribution < 1.29 is 4.79 Å². The summed E-state index contributed by atoms with van der Waals surface area (Å²) >= 11 is 5.94. The van der Waals surface area contributed by atoms with Gasteiger partial charge < -0.3 is 5.32 Å². The fourth-order valence-corrected chi connectivity index (χ4v) is 1.83. The third-order valence-electron chi connectivity index (χ3n) is 2.45. The molecule has 2 rings (SSSR count). The van der Waals surface area contributed by atoms with Crippen molar-refractivity contribution in [1.29, 1.82) is 0 Å². The molecular weight excluding hydrogens is 210 g/mol. The highest BCUT2D eigenvalue weighted by atomic mass is 35.5. The molecule has 0 bridgehead atoms. The quantitative estimate of drug-likeness (QED) is 0.815. The summed E-state index contributed by atoms with van der Waals surface area (Å²) in [6.07, 6.45) is 4.94. The number of carbonyl (C=O) groups excluding carboxylic acids is 1. The zero-order valence-electron chi connectivity index (χ0n) is 8.29. The lowest BCUT2D eigenvalue weighted by Gasteiger charge is -2.06. The minimum absolute atomic E-state index is 0.0272. The Hall–Kier alpha value is -1.28. The summed E-state index contributed by atoms with van der Waals surface area (Å²) in [6.45, 7) is 0. The number of halogens is 1. The first-order chi connectivity index (χ1) is 7.27. The van der Waals surface area contributed by atoms with Crippen LogP contribution in [0.15, 0.2) is 35.9 Å². The van der Waals surface area contributed by atoms with Crippen LogP contribution in [-0.2, 0) is 4.79 Å². The second kappa shape index (κ2) is 4.49. The van der Waals surface area contributed by atoms with Crippen molar-refractivity contribution in [2.75, 3.05) is 5.32 Å². The molecule has 0 spiro atoms. The van der Waals surface area contributed by atoms with Crippen molar-refractivity contribution in [3.8, 4) is 0 Å². The fourth-order valence-electron chi connectivity index (χ4n) is 1.64. The predicted octanol–water partition coefficient (Wildman–Crippen LogP) is 3.39. The van der Waals surface area contributed by atoms with Gasteiger partial charge in [-0.1, -0.05) is 29.8 Å². The molecule has 0 radical (unpaired) electrons. The van der Waals surface area contributed by atoms with Gasteiger partial charge >= 0.3 is 0 Å². The van der Waals surface area contributed by atoms with E-state index in [0.717, 1.165) is 24.8 Å². The van der Waals surface area contributed by atoms with Gasteiger partial charge in [0.1, 0.15) is 0 Å². The molecule has 0 unspecified atom stereocenters. The lowest BCUT2D eigenvalue weighted by atomic mass is 10.2. The summed E-state index contributed by atoms with van der Waals surface area (Å²) in [7, 11) is 0. The van der Waals surface area contributed by atoms with E-state index in [9.17, 15) is 4.79 Å². The Balaban J connectivity index is 2.09. The number of nitrogens with one attached hydrogen (secondary N) is 1. The van der Waals surface area contributed by atoms with Crippen LogP contribution in [0.1, 0.15) is 19.3 Å². The van der Waals surface area contributed by atoms with E-state index >= 15 is 0 Å². The maximum absolute atomic E-state index is 11.7. The Morgan fingerprint density at radius 3 is 2.80 bits per heavy atom. The van der Waals surface area contributed by atoms with Crippen molar-refractivity contribution in [3.63, 3.8) is 0 Å². The summed E-state index contributed by atoms with van der Waals surface area (Å²) in [5, 5.41) is 3.39. The highest BCUT2D eigenvalue weighted by Crippen LogP contribution is 2.23. The van der Waals surface area contributed by atoms with Crippen LogP contribution >= 0.6 is 11.6 Å². The first kappa shape index (κ1) is 10.2. The number of hydrogen-bond donors (Lipinski definition) is 1. The number of benzene rings is 1. The zero-order valence-corrected chi connectivity index (χ0v) is 9.05. The molecule has 0 aliphatic heterocycles. The third kappa shape index (κ3) is 2.39. The van der Waals surface area contributed by atoms with Crippen LogP contribution in [0.5, 0.6) is 0 Å². The molecule has 1 aliphatic carbocycles. The van der Waals surface area contributed by atoms with Gasteiger partial charge in [0.05, 0.1) is 10.7 Å². The number of hydrogen-bond acceptors (Lipinski definition) is 1. The summed E-state index contributed by atoms with van der Waals surface area (Å²) in [5.74, 6) is -0.0272. The van der Waals surface area contributed by atoms with Gasteiger partial charge in [0.15, 0.2) is 0 Å². The second-order valence-corrected chi connectivity index (χ2v) is 3.96. The first-order valence-corrected chi connectivity index (χ1v) is 5.40. The lowest BCUT2D eigenvalue weighted by molar-refractivity contribution is -0.112. The Morgan fingerprint density at radius 1 is 1.33 bits per heavy atom. The molecule has 1 aromatic rings. The van der Waals surface area contributed by atoms with E-state index in [4.69, 9.17) is 11.6 Å². The fraction of sp³-hybridized carbons (Fsp3) is 0.250. The Labute approximate surface area is 93.9 Å². The van der Waals surface area contributed by atoms with Crippen LogP contribution in [0.2, 0.25) is 5.02 Å².